The lowest BCUT2D eigenvalue weighted by atomic mass is 9.98. The summed E-state index contributed by atoms with van der Waals surface area (Å²) >= 11 is 1.72. The van der Waals surface area contributed by atoms with Crippen LogP contribution in [0.2, 0.25) is 0 Å². The van der Waals surface area contributed by atoms with Crippen LogP contribution in [0.4, 0.5) is 0 Å². The first-order valence-electron chi connectivity index (χ1n) is 11.9. The first-order valence-corrected chi connectivity index (χ1v) is 12.8. The standard InChI is InChI=1S/C30H29NO5S.H2S/c1-4-5-22(16-30(32)33)23-7-11-29(31-17-23)36-18-21-6-10-28-26(15-21)27(19-37-28)25-9-8-24(14-20(25)2)35-13-12-34-3;/h6-11,14-15,17,19,22H,12-13,16,18H2,1-3H3,(H,32,33);1H2/t22-;/m1./s1. The van der Waals surface area contributed by atoms with Gasteiger partial charge in [-0.05, 0) is 65.7 Å². The summed E-state index contributed by atoms with van der Waals surface area (Å²) in [6, 6.07) is 16.1. The summed E-state index contributed by atoms with van der Waals surface area (Å²) in [5.74, 6) is 5.76. The largest absolute Gasteiger partial charge is 0.491 e. The zero-order valence-electron chi connectivity index (χ0n) is 21.6. The van der Waals surface area contributed by atoms with Gasteiger partial charge >= 0.3 is 5.97 Å². The Balaban J connectivity index is 0.00000400. The van der Waals surface area contributed by atoms with Crippen molar-refractivity contribution in [3.8, 4) is 34.6 Å². The number of aromatic nitrogens is 1. The van der Waals surface area contributed by atoms with Crippen molar-refractivity contribution in [2.75, 3.05) is 20.3 Å². The second-order valence-corrected chi connectivity index (χ2v) is 9.47. The van der Waals surface area contributed by atoms with Gasteiger partial charge in [0.2, 0.25) is 5.88 Å². The molecule has 4 rings (SSSR count). The number of rotatable bonds is 11. The van der Waals surface area contributed by atoms with Gasteiger partial charge in [-0.25, -0.2) is 4.98 Å². The molecule has 6 nitrogen and oxygen atoms in total. The Labute approximate surface area is 234 Å². The molecule has 0 fully saturated rings. The third kappa shape index (κ3) is 7.29. The smallest absolute Gasteiger partial charge is 0.304 e. The number of hydrogen-bond donors (Lipinski definition) is 1. The molecule has 0 unspecified atom stereocenters. The topological polar surface area (TPSA) is 77.9 Å². The van der Waals surface area contributed by atoms with Crippen molar-refractivity contribution < 1.29 is 24.1 Å². The normalized spacial score (nSPS) is 11.2. The summed E-state index contributed by atoms with van der Waals surface area (Å²) in [5, 5.41) is 12.5. The van der Waals surface area contributed by atoms with E-state index in [9.17, 15) is 4.79 Å². The van der Waals surface area contributed by atoms with E-state index in [1.807, 2.05) is 12.1 Å². The molecule has 0 amide bonds. The lowest BCUT2D eigenvalue weighted by Crippen LogP contribution is -2.05. The predicted molar refractivity (Wildman–Crippen MR) is 157 cm³/mol. The van der Waals surface area contributed by atoms with E-state index in [0.29, 0.717) is 25.7 Å². The number of carbonyl (C=O) groups is 1. The number of fused-ring (bicyclic) bond motifs is 1. The quantitative estimate of drug-likeness (QED) is 0.168. The monoisotopic (exact) mass is 549 g/mol. The van der Waals surface area contributed by atoms with Crippen LogP contribution in [0.15, 0.2) is 60.1 Å². The van der Waals surface area contributed by atoms with Crippen LogP contribution in [0.3, 0.4) is 0 Å². The Bertz CT molecular complexity index is 1440. The molecule has 198 valence electrons. The highest BCUT2D eigenvalue weighted by Gasteiger charge is 2.14. The van der Waals surface area contributed by atoms with Gasteiger partial charge in [-0.2, -0.15) is 13.5 Å². The van der Waals surface area contributed by atoms with E-state index in [1.54, 1.807) is 37.6 Å². The molecule has 0 aliphatic heterocycles. The van der Waals surface area contributed by atoms with E-state index >= 15 is 0 Å². The van der Waals surface area contributed by atoms with Crippen molar-refractivity contribution in [3.05, 3.63) is 76.8 Å². The fourth-order valence-corrected chi connectivity index (χ4v) is 5.03. The van der Waals surface area contributed by atoms with Crippen molar-refractivity contribution in [1.29, 1.82) is 0 Å². The van der Waals surface area contributed by atoms with Gasteiger partial charge in [-0.1, -0.05) is 24.1 Å². The summed E-state index contributed by atoms with van der Waals surface area (Å²) in [6.07, 6.45) is 1.58. The lowest BCUT2D eigenvalue weighted by molar-refractivity contribution is -0.137. The van der Waals surface area contributed by atoms with E-state index < -0.39 is 11.9 Å². The fourth-order valence-electron chi connectivity index (χ4n) is 4.09. The average molecular weight is 550 g/mol. The second kappa shape index (κ2) is 13.9. The predicted octanol–water partition coefficient (Wildman–Crippen LogP) is 6.57. The lowest BCUT2D eigenvalue weighted by Gasteiger charge is -2.11. The van der Waals surface area contributed by atoms with Crippen molar-refractivity contribution in [1.82, 2.24) is 4.98 Å². The number of hydrogen-bond acceptors (Lipinski definition) is 6. The van der Waals surface area contributed by atoms with E-state index in [2.05, 4.69) is 59.5 Å². The molecule has 0 aliphatic carbocycles. The van der Waals surface area contributed by atoms with Crippen molar-refractivity contribution in [2.24, 2.45) is 0 Å². The molecule has 0 aliphatic rings. The van der Waals surface area contributed by atoms with E-state index in [4.69, 9.17) is 19.3 Å². The number of pyridine rings is 1. The molecule has 8 heteroatoms. The minimum absolute atomic E-state index is 0. The van der Waals surface area contributed by atoms with Crippen LogP contribution in [-0.4, -0.2) is 36.4 Å². The highest BCUT2D eigenvalue weighted by Crippen LogP contribution is 2.37. The van der Waals surface area contributed by atoms with Crippen LogP contribution in [-0.2, 0) is 16.1 Å². The highest BCUT2D eigenvalue weighted by molar-refractivity contribution is 7.59. The average Bonchev–Trinajstić information content (AvgIpc) is 3.30. The number of carboxylic acids is 1. The highest BCUT2D eigenvalue weighted by atomic mass is 32.1. The molecule has 0 saturated carbocycles. The Morgan fingerprint density at radius 3 is 2.61 bits per heavy atom. The first-order chi connectivity index (χ1) is 18.0. The number of aryl methyl sites for hydroxylation is 1. The summed E-state index contributed by atoms with van der Waals surface area (Å²) in [4.78, 5) is 15.5. The van der Waals surface area contributed by atoms with Gasteiger partial charge in [0.05, 0.1) is 18.9 Å². The molecule has 1 N–H and O–H groups in total. The van der Waals surface area contributed by atoms with Crippen molar-refractivity contribution in [2.45, 2.75) is 32.8 Å². The van der Waals surface area contributed by atoms with Crippen LogP contribution >= 0.6 is 24.8 Å². The summed E-state index contributed by atoms with van der Waals surface area (Å²) in [5.41, 5.74) is 5.31. The molecule has 0 bridgehead atoms. The Hall–Kier alpha value is -3.51. The Morgan fingerprint density at radius 1 is 1.08 bits per heavy atom. The maximum Gasteiger partial charge on any atom is 0.304 e. The van der Waals surface area contributed by atoms with Crippen LogP contribution < -0.4 is 9.47 Å². The SMILES string of the molecule is CC#C[C@H](CC(=O)O)c1ccc(OCc2ccc3scc(-c4ccc(OCCOC)cc4C)c3c2)nc1.S. The van der Waals surface area contributed by atoms with Crippen LogP contribution in [0.5, 0.6) is 11.6 Å². The Morgan fingerprint density at radius 2 is 1.92 bits per heavy atom. The molecule has 0 radical (unpaired) electrons. The first kappa shape index (κ1) is 29.1. The molecule has 2 heterocycles. The van der Waals surface area contributed by atoms with Crippen LogP contribution in [0.1, 0.15) is 36.0 Å². The molecule has 2 aromatic heterocycles. The zero-order valence-corrected chi connectivity index (χ0v) is 23.4. The third-order valence-corrected chi connectivity index (χ3v) is 6.89. The summed E-state index contributed by atoms with van der Waals surface area (Å²) in [6.45, 7) is 5.24. The number of nitrogens with zero attached hydrogens (tertiary/aromatic N) is 1. The van der Waals surface area contributed by atoms with Gasteiger partial charge in [0.1, 0.15) is 19.0 Å². The molecule has 1 atom stereocenters. The van der Waals surface area contributed by atoms with Gasteiger partial charge in [0.15, 0.2) is 0 Å². The number of ether oxygens (including phenoxy) is 3. The maximum atomic E-state index is 11.1. The van der Waals surface area contributed by atoms with Crippen molar-refractivity contribution in [3.63, 3.8) is 0 Å². The minimum Gasteiger partial charge on any atom is -0.491 e. The second-order valence-electron chi connectivity index (χ2n) is 8.56. The zero-order chi connectivity index (χ0) is 26.2. The van der Waals surface area contributed by atoms with Crippen molar-refractivity contribution >= 4 is 40.9 Å². The third-order valence-electron chi connectivity index (χ3n) is 5.93. The Kier molecular flexibility index (Phi) is 10.6. The van der Waals surface area contributed by atoms with Crippen LogP contribution in [0, 0.1) is 18.8 Å². The van der Waals surface area contributed by atoms with E-state index in [0.717, 1.165) is 22.4 Å². The number of thiophene rings is 1. The van der Waals surface area contributed by atoms with Gasteiger partial charge in [0, 0.05) is 35.0 Å². The van der Waals surface area contributed by atoms with Gasteiger partial charge in [-0.15, -0.1) is 17.3 Å². The molecule has 4 aromatic rings. The summed E-state index contributed by atoms with van der Waals surface area (Å²) < 4.78 is 18.0. The number of aliphatic carboxylic acids is 1. The fraction of sp³-hybridized carbons (Fsp3) is 0.267. The van der Waals surface area contributed by atoms with Crippen LogP contribution in [0.25, 0.3) is 21.2 Å². The molecular weight excluding hydrogens is 518 g/mol. The number of carboxylic acid groups (broad SMARTS) is 1. The number of benzene rings is 2. The summed E-state index contributed by atoms with van der Waals surface area (Å²) in [7, 11) is 1.66. The molecule has 0 spiro atoms. The van der Waals surface area contributed by atoms with Gasteiger partial charge < -0.3 is 19.3 Å². The molecule has 2 aromatic carbocycles. The van der Waals surface area contributed by atoms with E-state index in [-0.39, 0.29) is 19.9 Å². The minimum atomic E-state index is -0.891. The maximum absolute atomic E-state index is 11.1. The number of methoxy groups -OCH3 is 1. The van der Waals surface area contributed by atoms with Gasteiger partial charge in [0.25, 0.3) is 0 Å². The van der Waals surface area contributed by atoms with E-state index in [1.165, 1.54) is 21.2 Å². The molecule has 38 heavy (non-hydrogen) atoms. The molecular formula is C30H31NO5S2. The van der Waals surface area contributed by atoms with Gasteiger partial charge in [-0.3, -0.25) is 4.79 Å². The molecule has 0 saturated heterocycles.